The Hall–Kier alpha value is -1.12. The van der Waals surface area contributed by atoms with E-state index < -0.39 is 5.54 Å². The van der Waals surface area contributed by atoms with Crippen LogP contribution >= 0.6 is 22.9 Å². The summed E-state index contributed by atoms with van der Waals surface area (Å²) in [6.07, 6.45) is 5.97. The second-order valence-electron chi connectivity index (χ2n) is 3.14. The zero-order valence-corrected chi connectivity index (χ0v) is 9.95. The van der Waals surface area contributed by atoms with Crippen molar-refractivity contribution in [3.05, 3.63) is 9.47 Å². The van der Waals surface area contributed by atoms with Gasteiger partial charge >= 0.3 is 0 Å². The largest absolute Gasteiger partial charge is 0.334 e. The second-order valence-corrected chi connectivity index (χ2v) is 4.70. The van der Waals surface area contributed by atoms with Crippen LogP contribution < -0.4 is 5.32 Å². The van der Waals surface area contributed by atoms with Crippen molar-refractivity contribution < 1.29 is 4.79 Å². The van der Waals surface area contributed by atoms with Crippen molar-refractivity contribution in [1.82, 2.24) is 15.5 Å². The van der Waals surface area contributed by atoms with Crippen LogP contribution in [0.2, 0.25) is 4.47 Å². The molecule has 1 rings (SSSR count). The van der Waals surface area contributed by atoms with E-state index in [1.807, 2.05) is 6.92 Å². The number of nitrogens with zero attached hydrogens (tertiary/aromatic N) is 2. The summed E-state index contributed by atoms with van der Waals surface area (Å²) in [6.45, 7) is 3.67. The van der Waals surface area contributed by atoms with Gasteiger partial charge in [0.2, 0.25) is 9.47 Å². The van der Waals surface area contributed by atoms with E-state index in [-0.39, 0.29) is 15.4 Å². The van der Waals surface area contributed by atoms with Crippen LogP contribution in [0.15, 0.2) is 0 Å². The van der Waals surface area contributed by atoms with Crippen LogP contribution in [0.5, 0.6) is 0 Å². The topological polar surface area (TPSA) is 54.9 Å². The summed E-state index contributed by atoms with van der Waals surface area (Å²) < 4.78 is 0.235. The molecule has 0 spiro atoms. The fourth-order valence-corrected chi connectivity index (χ4v) is 1.55. The van der Waals surface area contributed by atoms with Crippen molar-refractivity contribution in [3.8, 4) is 12.3 Å². The van der Waals surface area contributed by atoms with Gasteiger partial charge in [0.05, 0.1) is 5.54 Å². The van der Waals surface area contributed by atoms with Crippen LogP contribution in [-0.2, 0) is 0 Å². The first-order valence-corrected chi connectivity index (χ1v) is 5.49. The summed E-state index contributed by atoms with van der Waals surface area (Å²) in [5, 5.41) is 10.1. The molecule has 0 aromatic carbocycles. The van der Waals surface area contributed by atoms with Gasteiger partial charge in [-0.05, 0) is 24.9 Å². The first kappa shape index (κ1) is 12.0. The standard InChI is InChI=1S/C9H10ClN3OS/c1-4-9(3,5-2)11-6(14)7-12-13-8(10)15-7/h1H,5H2,2-3H3,(H,11,14). The van der Waals surface area contributed by atoms with Gasteiger partial charge in [-0.15, -0.1) is 16.6 Å². The third kappa shape index (κ3) is 2.91. The summed E-state index contributed by atoms with van der Waals surface area (Å²) in [5.41, 5.74) is -0.658. The van der Waals surface area contributed by atoms with Gasteiger partial charge in [0.25, 0.3) is 5.91 Å². The van der Waals surface area contributed by atoms with E-state index in [4.69, 9.17) is 18.0 Å². The summed E-state index contributed by atoms with van der Waals surface area (Å²) in [4.78, 5) is 11.6. The highest BCUT2D eigenvalue weighted by Crippen LogP contribution is 2.16. The summed E-state index contributed by atoms with van der Waals surface area (Å²) >= 11 is 6.59. The van der Waals surface area contributed by atoms with Crippen LogP contribution in [0, 0.1) is 12.3 Å². The molecule has 1 aromatic heterocycles. The van der Waals surface area contributed by atoms with E-state index in [2.05, 4.69) is 21.4 Å². The number of carbonyl (C=O) groups is 1. The summed E-state index contributed by atoms with van der Waals surface area (Å²) in [5.74, 6) is 2.18. The fourth-order valence-electron chi connectivity index (χ4n) is 0.828. The number of hydrogen-bond acceptors (Lipinski definition) is 4. The van der Waals surface area contributed by atoms with Gasteiger partial charge in [-0.2, -0.15) is 0 Å². The van der Waals surface area contributed by atoms with E-state index >= 15 is 0 Å². The molecule has 4 nitrogen and oxygen atoms in total. The molecule has 0 saturated carbocycles. The molecule has 1 heterocycles. The maximum absolute atomic E-state index is 11.6. The Morgan fingerprint density at radius 2 is 2.40 bits per heavy atom. The normalized spacial score (nSPS) is 14.0. The molecular weight excluding hydrogens is 234 g/mol. The highest BCUT2D eigenvalue weighted by atomic mass is 35.5. The number of rotatable bonds is 3. The molecule has 1 N–H and O–H groups in total. The molecule has 0 bridgehead atoms. The maximum atomic E-state index is 11.6. The number of amides is 1. The van der Waals surface area contributed by atoms with Crippen LogP contribution in [0.1, 0.15) is 30.1 Å². The van der Waals surface area contributed by atoms with E-state index in [0.717, 1.165) is 11.3 Å². The molecule has 6 heteroatoms. The Morgan fingerprint density at radius 1 is 1.73 bits per heavy atom. The molecule has 1 atom stereocenters. The van der Waals surface area contributed by atoms with Crippen molar-refractivity contribution in [2.24, 2.45) is 0 Å². The van der Waals surface area contributed by atoms with Gasteiger partial charge in [-0.3, -0.25) is 4.79 Å². The smallest absolute Gasteiger partial charge is 0.283 e. The SMILES string of the molecule is C#CC(C)(CC)NC(=O)c1nnc(Cl)s1. The molecule has 0 saturated heterocycles. The zero-order valence-electron chi connectivity index (χ0n) is 8.37. The molecule has 15 heavy (non-hydrogen) atoms. The highest BCUT2D eigenvalue weighted by Gasteiger charge is 2.23. The van der Waals surface area contributed by atoms with Crippen molar-refractivity contribution in [3.63, 3.8) is 0 Å². The quantitative estimate of drug-likeness (QED) is 0.823. The minimum atomic E-state index is -0.658. The lowest BCUT2D eigenvalue weighted by molar-refractivity contribution is 0.0922. The Labute approximate surface area is 97.0 Å². The lowest BCUT2D eigenvalue weighted by atomic mass is 10.0. The third-order valence-corrected chi connectivity index (χ3v) is 3.03. The molecule has 80 valence electrons. The van der Waals surface area contributed by atoms with Crippen LogP contribution in [0.25, 0.3) is 0 Å². The number of terminal acetylenes is 1. The first-order valence-electron chi connectivity index (χ1n) is 4.30. The van der Waals surface area contributed by atoms with Gasteiger partial charge in [0.1, 0.15) is 0 Å². The van der Waals surface area contributed by atoms with E-state index in [9.17, 15) is 4.79 Å². The van der Waals surface area contributed by atoms with Crippen molar-refractivity contribution in [2.75, 3.05) is 0 Å². The number of hydrogen-bond donors (Lipinski definition) is 1. The number of halogens is 1. The predicted octanol–water partition coefficient (Wildman–Crippen LogP) is 1.72. The Kier molecular flexibility index (Phi) is 3.66. The molecule has 0 fully saturated rings. The molecule has 0 aliphatic carbocycles. The van der Waals surface area contributed by atoms with Crippen LogP contribution in [0.3, 0.4) is 0 Å². The third-order valence-electron chi connectivity index (χ3n) is 2.01. The monoisotopic (exact) mass is 243 g/mol. The molecule has 0 radical (unpaired) electrons. The van der Waals surface area contributed by atoms with Crippen LogP contribution in [0.4, 0.5) is 0 Å². The average molecular weight is 244 g/mol. The minimum absolute atomic E-state index is 0.218. The zero-order chi connectivity index (χ0) is 11.5. The van der Waals surface area contributed by atoms with Gasteiger partial charge in [0.15, 0.2) is 0 Å². The number of nitrogens with one attached hydrogen (secondary N) is 1. The lowest BCUT2D eigenvalue weighted by Crippen LogP contribution is -2.44. The molecular formula is C9H10ClN3OS. The maximum Gasteiger partial charge on any atom is 0.283 e. The molecule has 1 aromatic rings. The van der Waals surface area contributed by atoms with Crippen LogP contribution in [-0.4, -0.2) is 21.6 Å². The second kappa shape index (κ2) is 4.60. The molecule has 0 aliphatic rings. The molecule has 1 amide bonds. The van der Waals surface area contributed by atoms with Crippen molar-refractivity contribution in [2.45, 2.75) is 25.8 Å². The van der Waals surface area contributed by atoms with Gasteiger partial charge < -0.3 is 5.32 Å². The minimum Gasteiger partial charge on any atom is -0.334 e. The van der Waals surface area contributed by atoms with Gasteiger partial charge in [0, 0.05) is 0 Å². The first-order chi connectivity index (χ1) is 7.00. The molecule has 0 aliphatic heterocycles. The van der Waals surface area contributed by atoms with E-state index in [1.54, 1.807) is 6.92 Å². The predicted molar refractivity (Wildman–Crippen MR) is 59.9 cm³/mol. The summed E-state index contributed by atoms with van der Waals surface area (Å²) in [7, 11) is 0. The lowest BCUT2D eigenvalue weighted by Gasteiger charge is -2.22. The van der Waals surface area contributed by atoms with Gasteiger partial charge in [-0.1, -0.05) is 24.2 Å². The van der Waals surface area contributed by atoms with Gasteiger partial charge in [-0.25, -0.2) is 0 Å². The number of aromatic nitrogens is 2. The Bertz CT molecular complexity index is 412. The number of carbonyl (C=O) groups excluding carboxylic acids is 1. The average Bonchev–Trinajstić information content (AvgIpc) is 2.65. The Morgan fingerprint density at radius 3 is 2.80 bits per heavy atom. The van der Waals surface area contributed by atoms with E-state index in [1.165, 1.54) is 0 Å². The van der Waals surface area contributed by atoms with Crippen molar-refractivity contribution >= 4 is 28.8 Å². The Balaban J connectivity index is 2.76. The van der Waals surface area contributed by atoms with Crippen molar-refractivity contribution in [1.29, 1.82) is 0 Å². The van der Waals surface area contributed by atoms with E-state index in [0.29, 0.717) is 6.42 Å². The molecule has 1 unspecified atom stereocenters. The highest BCUT2D eigenvalue weighted by molar-refractivity contribution is 7.17. The fraction of sp³-hybridized carbons (Fsp3) is 0.444. The summed E-state index contributed by atoms with van der Waals surface area (Å²) in [6, 6.07) is 0.